The number of rotatable bonds is 3. The highest BCUT2D eigenvalue weighted by atomic mass is 32.2. The van der Waals surface area contributed by atoms with Crippen LogP contribution < -0.4 is 10.4 Å². The standard InChI is InChI=1S/C12H12N2O2S2/c1-8-10(15)13-12(17)14(16-2)11(8)18-9-6-4-3-5-7-9/h3-7H,1-2H3,(H,13,15,17). The van der Waals surface area contributed by atoms with Crippen molar-refractivity contribution in [1.82, 2.24) is 9.71 Å². The van der Waals surface area contributed by atoms with Crippen LogP contribution in [0.2, 0.25) is 0 Å². The van der Waals surface area contributed by atoms with Crippen LogP contribution in [0.15, 0.2) is 45.0 Å². The molecule has 0 amide bonds. The van der Waals surface area contributed by atoms with Gasteiger partial charge in [-0.1, -0.05) is 30.0 Å². The molecule has 1 heterocycles. The third-order valence-corrected chi connectivity index (χ3v) is 3.83. The molecule has 0 spiro atoms. The summed E-state index contributed by atoms with van der Waals surface area (Å²) < 4.78 is 1.70. The summed E-state index contributed by atoms with van der Waals surface area (Å²) in [6.45, 7) is 1.74. The van der Waals surface area contributed by atoms with Crippen LogP contribution >= 0.6 is 24.0 Å². The van der Waals surface area contributed by atoms with Crippen LogP contribution in [0.1, 0.15) is 5.56 Å². The van der Waals surface area contributed by atoms with Gasteiger partial charge in [-0.2, -0.15) is 0 Å². The summed E-state index contributed by atoms with van der Waals surface area (Å²) in [6.07, 6.45) is 0. The van der Waals surface area contributed by atoms with Crippen LogP contribution in [0.5, 0.6) is 0 Å². The average molecular weight is 280 g/mol. The molecular weight excluding hydrogens is 268 g/mol. The van der Waals surface area contributed by atoms with Crippen LogP contribution in [-0.4, -0.2) is 16.8 Å². The Labute approximate surface area is 114 Å². The van der Waals surface area contributed by atoms with Gasteiger partial charge in [0.2, 0.25) is 4.77 Å². The van der Waals surface area contributed by atoms with E-state index in [1.165, 1.54) is 23.6 Å². The third kappa shape index (κ3) is 2.49. The maximum Gasteiger partial charge on any atom is 0.255 e. The Hall–Kier alpha value is -1.53. The van der Waals surface area contributed by atoms with Gasteiger partial charge in [0.25, 0.3) is 5.56 Å². The van der Waals surface area contributed by atoms with Gasteiger partial charge in [0.05, 0.1) is 0 Å². The first-order chi connectivity index (χ1) is 8.63. The van der Waals surface area contributed by atoms with E-state index in [4.69, 9.17) is 17.1 Å². The van der Waals surface area contributed by atoms with Gasteiger partial charge in [0, 0.05) is 10.5 Å². The topological polar surface area (TPSA) is 47.0 Å². The van der Waals surface area contributed by atoms with Crippen LogP contribution in [0.4, 0.5) is 0 Å². The smallest absolute Gasteiger partial charge is 0.255 e. The van der Waals surface area contributed by atoms with E-state index in [2.05, 4.69) is 4.98 Å². The van der Waals surface area contributed by atoms with Crippen molar-refractivity contribution in [3.8, 4) is 0 Å². The summed E-state index contributed by atoms with van der Waals surface area (Å²) in [4.78, 5) is 20.5. The molecule has 2 aromatic rings. The van der Waals surface area contributed by atoms with Gasteiger partial charge in [0.15, 0.2) is 0 Å². The molecule has 94 valence electrons. The minimum atomic E-state index is -0.188. The summed E-state index contributed by atoms with van der Waals surface area (Å²) in [5.74, 6) is 0. The van der Waals surface area contributed by atoms with Crippen molar-refractivity contribution in [1.29, 1.82) is 0 Å². The second kappa shape index (κ2) is 5.41. The summed E-state index contributed by atoms with van der Waals surface area (Å²) in [6, 6.07) is 9.76. The molecule has 0 radical (unpaired) electrons. The summed E-state index contributed by atoms with van der Waals surface area (Å²) in [7, 11) is 1.52. The lowest BCUT2D eigenvalue weighted by Gasteiger charge is -2.12. The highest BCUT2D eigenvalue weighted by Crippen LogP contribution is 2.28. The van der Waals surface area contributed by atoms with Gasteiger partial charge in [-0.3, -0.25) is 9.78 Å². The van der Waals surface area contributed by atoms with E-state index in [1.54, 1.807) is 6.92 Å². The highest BCUT2D eigenvalue weighted by Gasteiger charge is 2.11. The fourth-order valence-corrected chi connectivity index (χ4v) is 2.79. The maximum absolute atomic E-state index is 11.7. The van der Waals surface area contributed by atoms with Gasteiger partial charge >= 0.3 is 0 Å². The largest absolute Gasteiger partial charge is 0.414 e. The number of nitrogens with zero attached hydrogens (tertiary/aromatic N) is 1. The number of hydrogen-bond donors (Lipinski definition) is 1. The molecule has 1 aromatic heterocycles. The van der Waals surface area contributed by atoms with Crippen molar-refractivity contribution in [2.45, 2.75) is 16.8 Å². The number of aromatic amines is 1. The van der Waals surface area contributed by atoms with Crippen molar-refractivity contribution in [2.24, 2.45) is 0 Å². The molecule has 2 rings (SSSR count). The number of aromatic nitrogens is 2. The predicted molar refractivity (Wildman–Crippen MR) is 73.7 cm³/mol. The SMILES string of the molecule is COn1c(Sc2ccccc2)c(C)c(=O)[nH]c1=S. The van der Waals surface area contributed by atoms with Gasteiger partial charge in [0.1, 0.15) is 12.1 Å². The molecule has 0 unspecified atom stereocenters. The molecule has 6 heteroatoms. The average Bonchev–Trinajstić information content (AvgIpc) is 2.37. The van der Waals surface area contributed by atoms with E-state index < -0.39 is 0 Å². The Morgan fingerprint density at radius 2 is 2.00 bits per heavy atom. The van der Waals surface area contributed by atoms with Crippen LogP contribution in [0.25, 0.3) is 0 Å². The summed E-state index contributed by atoms with van der Waals surface area (Å²) in [5.41, 5.74) is 0.394. The first-order valence-electron chi connectivity index (χ1n) is 5.27. The minimum Gasteiger partial charge on any atom is -0.414 e. The Balaban J connectivity index is 2.56. The maximum atomic E-state index is 11.7. The normalized spacial score (nSPS) is 10.3. The molecule has 0 fully saturated rings. The van der Waals surface area contributed by atoms with Crippen molar-refractivity contribution in [3.05, 3.63) is 51.0 Å². The van der Waals surface area contributed by atoms with Gasteiger partial charge in [-0.25, -0.2) is 0 Å². The zero-order chi connectivity index (χ0) is 13.1. The van der Waals surface area contributed by atoms with E-state index in [1.807, 2.05) is 30.3 Å². The van der Waals surface area contributed by atoms with Crippen LogP contribution in [0.3, 0.4) is 0 Å². The molecule has 0 saturated heterocycles. The van der Waals surface area contributed by atoms with Crippen LogP contribution in [0, 0.1) is 11.7 Å². The van der Waals surface area contributed by atoms with Crippen molar-refractivity contribution < 1.29 is 4.84 Å². The van der Waals surface area contributed by atoms with E-state index in [-0.39, 0.29) is 10.3 Å². The molecule has 4 nitrogen and oxygen atoms in total. The number of hydrogen-bond acceptors (Lipinski definition) is 4. The molecule has 1 N–H and O–H groups in total. The Bertz CT molecular complexity index is 662. The predicted octanol–water partition coefficient (Wildman–Crippen LogP) is 2.42. The van der Waals surface area contributed by atoms with E-state index >= 15 is 0 Å². The fraction of sp³-hybridized carbons (Fsp3) is 0.167. The van der Waals surface area contributed by atoms with Crippen molar-refractivity contribution in [2.75, 3.05) is 7.11 Å². The number of nitrogens with one attached hydrogen (secondary N) is 1. The molecular formula is C12H12N2O2S2. The molecule has 0 aliphatic heterocycles. The van der Waals surface area contributed by atoms with Gasteiger partial charge in [-0.15, -0.1) is 4.73 Å². The molecule has 0 aliphatic rings. The number of H-pyrrole nitrogens is 1. The van der Waals surface area contributed by atoms with E-state index in [9.17, 15) is 4.79 Å². The summed E-state index contributed by atoms with van der Waals surface area (Å²) >= 11 is 6.52. The Morgan fingerprint density at radius 3 is 2.61 bits per heavy atom. The molecule has 0 aliphatic carbocycles. The summed E-state index contributed by atoms with van der Waals surface area (Å²) in [5, 5.41) is 0.692. The Kier molecular flexibility index (Phi) is 3.88. The highest BCUT2D eigenvalue weighted by molar-refractivity contribution is 7.99. The van der Waals surface area contributed by atoms with Crippen molar-refractivity contribution in [3.63, 3.8) is 0 Å². The number of benzene rings is 1. The van der Waals surface area contributed by atoms with Gasteiger partial charge < -0.3 is 4.84 Å². The fourth-order valence-electron chi connectivity index (χ4n) is 1.47. The lowest BCUT2D eigenvalue weighted by Crippen LogP contribution is -2.21. The van der Waals surface area contributed by atoms with Crippen molar-refractivity contribution >= 4 is 24.0 Å². The first-order valence-corrected chi connectivity index (χ1v) is 6.49. The second-order valence-corrected chi connectivity index (χ2v) is 5.03. The zero-order valence-electron chi connectivity index (χ0n) is 9.97. The Morgan fingerprint density at radius 1 is 1.33 bits per heavy atom. The third-order valence-electron chi connectivity index (χ3n) is 2.39. The lowest BCUT2D eigenvalue weighted by atomic mass is 10.4. The van der Waals surface area contributed by atoms with E-state index in [0.717, 1.165) is 4.90 Å². The van der Waals surface area contributed by atoms with Crippen LogP contribution in [-0.2, 0) is 0 Å². The molecule has 0 saturated carbocycles. The molecule has 1 aromatic carbocycles. The molecule has 0 atom stereocenters. The second-order valence-electron chi connectivity index (χ2n) is 3.58. The van der Waals surface area contributed by atoms with Gasteiger partial charge in [-0.05, 0) is 31.3 Å². The quantitative estimate of drug-likeness (QED) is 0.693. The van der Waals surface area contributed by atoms with E-state index in [0.29, 0.717) is 10.6 Å². The monoisotopic (exact) mass is 280 g/mol. The molecule has 18 heavy (non-hydrogen) atoms. The first kappa shape index (κ1) is 12.9. The lowest BCUT2D eigenvalue weighted by molar-refractivity contribution is 0.135. The minimum absolute atomic E-state index is 0.188. The zero-order valence-corrected chi connectivity index (χ0v) is 11.6. The molecule has 0 bridgehead atoms.